The number of methoxy groups -OCH3 is 1. The highest BCUT2D eigenvalue weighted by Gasteiger charge is 2.43. The lowest BCUT2D eigenvalue weighted by atomic mass is 9.94. The van der Waals surface area contributed by atoms with Gasteiger partial charge in [-0.05, 0) is 37.8 Å². The maximum atomic E-state index is 11.0. The van der Waals surface area contributed by atoms with Crippen LogP contribution in [0.3, 0.4) is 0 Å². The van der Waals surface area contributed by atoms with Gasteiger partial charge in [-0.25, -0.2) is 0 Å². The monoisotopic (exact) mass is 232 g/mol. The molecule has 2 aliphatic rings. The molecule has 1 aromatic rings. The summed E-state index contributed by atoms with van der Waals surface area (Å²) in [4.78, 5) is 11.0. The molecule has 0 radical (unpaired) electrons. The molecule has 0 N–H and O–H groups in total. The van der Waals surface area contributed by atoms with Crippen molar-refractivity contribution in [1.29, 1.82) is 0 Å². The quantitative estimate of drug-likeness (QED) is 0.735. The third-order valence-corrected chi connectivity index (χ3v) is 3.93. The highest BCUT2D eigenvalue weighted by atomic mass is 16.5. The van der Waals surface area contributed by atoms with Gasteiger partial charge in [0.15, 0.2) is 6.29 Å². The first kappa shape index (κ1) is 10.6. The average Bonchev–Trinajstić information content (AvgIpc) is 2.95. The predicted octanol–water partition coefficient (Wildman–Crippen LogP) is 2.76. The molecule has 0 unspecified atom stereocenters. The molecule has 3 rings (SSSR count). The van der Waals surface area contributed by atoms with Crippen LogP contribution in [0.25, 0.3) is 0 Å². The van der Waals surface area contributed by atoms with Gasteiger partial charge in [-0.3, -0.25) is 4.79 Å². The van der Waals surface area contributed by atoms with Crippen LogP contribution in [0.2, 0.25) is 0 Å². The number of fused-ring (bicyclic) bond motifs is 1. The summed E-state index contributed by atoms with van der Waals surface area (Å²) >= 11 is 0. The van der Waals surface area contributed by atoms with Gasteiger partial charge < -0.3 is 9.47 Å². The summed E-state index contributed by atoms with van der Waals surface area (Å²) in [6.07, 6.45) is 6.35. The maximum Gasteiger partial charge on any atom is 0.153 e. The van der Waals surface area contributed by atoms with E-state index in [1.54, 1.807) is 13.2 Å². The fourth-order valence-corrected chi connectivity index (χ4v) is 3.07. The molecule has 0 amide bonds. The fraction of sp³-hybridized carbons (Fsp3) is 0.500. The number of benzene rings is 1. The van der Waals surface area contributed by atoms with E-state index in [1.807, 2.05) is 6.07 Å². The van der Waals surface area contributed by atoms with Crippen LogP contribution >= 0.6 is 0 Å². The van der Waals surface area contributed by atoms with Gasteiger partial charge in [0.25, 0.3) is 0 Å². The third kappa shape index (κ3) is 1.53. The van der Waals surface area contributed by atoms with Gasteiger partial charge in [-0.1, -0.05) is 0 Å². The molecule has 0 saturated heterocycles. The van der Waals surface area contributed by atoms with E-state index in [4.69, 9.17) is 9.47 Å². The molecular formula is C14H16O3. The van der Waals surface area contributed by atoms with Crippen LogP contribution in [0.4, 0.5) is 0 Å². The topological polar surface area (TPSA) is 35.5 Å². The lowest BCUT2D eigenvalue weighted by molar-refractivity contribution is 0.0993. The Kier molecular flexibility index (Phi) is 2.35. The van der Waals surface area contributed by atoms with E-state index in [0.29, 0.717) is 5.56 Å². The molecule has 0 aromatic heterocycles. The van der Waals surface area contributed by atoms with Crippen LogP contribution in [-0.4, -0.2) is 19.0 Å². The van der Waals surface area contributed by atoms with Gasteiger partial charge in [0.1, 0.15) is 17.1 Å². The number of ether oxygens (including phenoxy) is 2. The zero-order chi connectivity index (χ0) is 11.9. The largest absolute Gasteiger partial charge is 0.496 e. The van der Waals surface area contributed by atoms with E-state index in [9.17, 15) is 4.79 Å². The minimum Gasteiger partial charge on any atom is -0.496 e. The summed E-state index contributed by atoms with van der Waals surface area (Å²) in [6, 6.07) is 3.64. The highest BCUT2D eigenvalue weighted by Crippen LogP contribution is 2.48. The standard InChI is InChI=1S/C14H16O3/c1-16-12-5-4-10(9-15)13-11(12)8-14(17-13)6-2-3-7-14/h4-5,9H,2-3,6-8H2,1H3. The van der Waals surface area contributed by atoms with Gasteiger partial charge in [0.2, 0.25) is 0 Å². The Balaban J connectivity index is 2.07. The Labute approximate surface area is 101 Å². The Morgan fingerprint density at radius 3 is 2.76 bits per heavy atom. The van der Waals surface area contributed by atoms with Crippen molar-refractivity contribution in [3.63, 3.8) is 0 Å². The van der Waals surface area contributed by atoms with E-state index in [2.05, 4.69) is 0 Å². The van der Waals surface area contributed by atoms with E-state index in [-0.39, 0.29) is 5.60 Å². The van der Waals surface area contributed by atoms with Crippen LogP contribution < -0.4 is 9.47 Å². The SMILES string of the molecule is COc1ccc(C=O)c2c1CC1(CCCC1)O2. The summed E-state index contributed by atoms with van der Waals surface area (Å²) in [6.45, 7) is 0. The van der Waals surface area contributed by atoms with E-state index < -0.39 is 0 Å². The molecule has 1 heterocycles. The lowest BCUT2D eigenvalue weighted by Crippen LogP contribution is -2.30. The zero-order valence-electron chi connectivity index (χ0n) is 9.99. The van der Waals surface area contributed by atoms with Gasteiger partial charge in [0, 0.05) is 12.0 Å². The van der Waals surface area contributed by atoms with Gasteiger partial charge in [0.05, 0.1) is 12.7 Å². The summed E-state index contributed by atoms with van der Waals surface area (Å²) in [5.74, 6) is 1.59. The maximum absolute atomic E-state index is 11.0. The Morgan fingerprint density at radius 1 is 1.35 bits per heavy atom. The normalized spacial score (nSPS) is 20.1. The molecule has 0 atom stereocenters. The minimum atomic E-state index is -0.0608. The molecular weight excluding hydrogens is 216 g/mol. The molecule has 1 fully saturated rings. The van der Waals surface area contributed by atoms with Crippen molar-refractivity contribution < 1.29 is 14.3 Å². The van der Waals surface area contributed by atoms with Crippen molar-refractivity contribution in [3.05, 3.63) is 23.3 Å². The molecule has 3 nitrogen and oxygen atoms in total. The number of aldehydes is 1. The van der Waals surface area contributed by atoms with Gasteiger partial charge in [-0.15, -0.1) is 0 Å². The summed E-state index contributed by atoms with van der Waals surface area (Å²) in [5, 5.41) is 0. The first-order valence-electron chi connectivity index (χ1n) is 6.12. The molecule has 1 spiro atoms. The van der Waals surface area contributed by atoms with Crippen molar-refractivity contribution >= 4 is 6.29 Å². The fourth-order valence-electron chi connectivity index (χ4n) is 3.07. The highest BCUT2D eigenvalue weighted by molar-refractivity contribution is 5.82. The second-order valence-corrected chi connectivity index (χ2v) is 4.95. The van der Waals surface area contributed by atoms with E-state index >= 15 is 0 Å². The molecule has 0 bridgehead atoms. The smallest absolute Gasteiger partial charge is 0.153 e. The van der Waals surface area contributed by atoms with Crippen LogP contribution in [-0.2, 0) is 6.42 Å². The average molecular weight is 232 g/mol. The Morgan fingerprint density at radius 2 is 2.12 bits per heavy atom. The second-order valence-electron chi connectivity index (χ2n) is 4.95. The first-order chi connectivity index (χ1) is 8.28. The number of carbonyl (C=O) groups is 1. The molecule has 1 aliphatic carbocycles. The van der Waals surface area contributed by atoms with Crippen LogP contribution in [0, 0.1) is 0 Å². The number of hydrogen-bond donors (Lipinski definition) is 0. The predicted molar refractivity (Wildman–Crippen MR) is 63.9 cm³/mol. The Bertz CT molecular complexity index is 459. The molecule has 3 heteroatoms. The minimum absolute atomic E-state index is 0.0608. The van der Waals surface area contributed by atoms with Gasteiger partial charge >= 0.3 is 0 Å². The lowest BCUT2D eigenvalue weighted by Gasteiger charge is -2.22. The van der Waals surface area contributed by atoms with Crippen molar-refractivity contribution in [3.8, 4) is 11.5 Å². The number of carbonyl (C=O) groups excluding carboxylic acids is 1. The van der Waals surface area contributed by atoms with Crippen LogP contribution in [0.15, 0.2) is 12.1 Å². The van der Waals surface area contributed by atoms with E-state index in [0.717, 1.165) is 42.6 Å². The zero-order valence-corrected chi connectivity index (χ0v) is 9.99. The van der Waals surface area contributed by atoms with Crippen LogP contribution in [0.5, 0.6) is 11.5 Å². The molecule has 90 valence electrons. The van der Waals surface area contributed by atoms with Crippen molar-refractivity contribution in [1.82, 2.24) is 0 Å². The third-order valence-electron chi connectivity index (χ3n) is 3.93. The number of rotatable bonds is 2. The summed E-state index contributed by atoms with van der Waals surface area (Å²) in [7, 11) is 1.66. The van der Waals surface area contributed by atoms with Crippen molar-refractivity contribution in [2.75, 3.05) is 7.11 Å². The van der Waals surface area contributed by atoms with E-state index in [1.165, 1.54) is 12.8 Å². The Hall–Kier alpha value is -1.51. The molecule has 1 saturated carbocycles. The molecule has 17 heavy (non-hydrogen) atoms. The summed E-state index contributed by atoms with van der Waals surface area (Å²) in [5.41, 5.74) is 1.65. The summed E-state index contributed by atoms with van der Waals surface area (Å²) < 4.78 is 11.5. The van der Waals surface area contributed by atoms with Crippen molar-refractivity contribution in [2.24, 2.45) is 0 Å². The molecule has 1 aliphatic heterocycles. The first-order valence-corrected chi connectivity index (χ1v) is 6.12. The van der Waals surface area contributed by atoms with Crippen molar-refractivity contribution in [2.45, 2.75) is 37.7 Å². The molecule has 1 aromatic carbocycles. The number of hydrogen-bond acceptors (Lipinski definition) is 3. The second kappa shape index (κ2) is 3.76. The van der Waals surface area contributed by atoms with Crippen LogP contribution in [0.1, 0.15) is 41.6 Å². The van der Waals surface area contributed by atoms with Gasteiger partial charge in [-0.2, -0.15) is 0 Å².